The highest BCUT2D eigenvalue weighted by Crippen LogP contribution is 2.16. The van der Waals surface area contributed by atoms with Gasteiger partial charge in [-0.05, 0) is 44.0 Å². The molecule has 0 atom stereocenters. The van der Waals surface area contributed by atoms with Gasteiger partial charge in [0, 0.05) is 0 Å². The Morgan fingerprint density at radius 2 is 2.00 bits per heavy atom. The summed E-state index contributed by atoms with van der Waals surface area (Å²) in [6.45, 7) is 0. The van der Waals surface area contributed by atoms with Gasteiger partial charge in [-0.25, -0.2) is 0 Å². The van der Waals surface area contributed by atoms with Crippen LogP contribution in [0.15, 0.2) is 27.5 Å². The van der Waals surface area contributed by atoms with Gasteiger partial charge in [-0.15, -0.1) is 10.2 Å². The SMILES string of the molecule is Brc1cccc2nnc(Br)n12. The van der Waals surface area contributed by atoms with Gasteiger partial charge < -0.3 is 0 Å². The van der Waals surface area contributed by atoms with Gasteiger partial charge in [-0.2, -0.15) is 0 Å². The van der Waals surface area contributed by atoms with Crippen molar-refractivity contribution in [3.8, 4) is 0 Å². The second-order valence-electron chi connectivity index (χ2n) is 2.01. The predicted molar refractivity (Wildman–Crippen MR) is 48.4 cm³/mol. The monoisotopic (exact) mass is 275 g/mol. The maximum absolute atomic E-state index is 3.92. The van der Waals surface area contributed by atoms with Crippen LogP contribution in [0.5, 0.6) is 0 Å². The van der Waals surface area contributed by atoms with Crippen LogP contribution in [0.1, 0.15) is 0 Å². The quantitative estimate of drug-likeness (QED) is 0.691. The third kappa shape index (κ3) is 1.08. The zero-order valence-corrected chi connectivity index (χ0v) is 8.50. The van der Waals surface area contributed by atoms with Crippen molar-refractivity contribution in [1.82, 2.24) is 14.6 Å². The molecule has 0 fully saturated rings. The summed E-state index contributed by atoms with van der Waals surface area (Å²) in [4.78, 5) is 0. The second-order valence-corrected chi connectivity index (χ2v) is 3.53. The number of pyridine rings is 1. The molecule has 5 heteroatoms. The summed E-state index contributed by atoms with van der Waals surface area (Å²) in [7, 11) is 0. The van der Waals surface area contributed by atoms with E-state index in [0.717, 1.165) is 10.3 Å². The summed E-state index contributed by atoms with van der Waals surface area (Å²) in [6, 6.07) is 5.74. The lowest BCUT2D eigenvalue weighted by atomic mass is 10.5. The first-order valence-corrected chi connectivity index (χ1v) is 4.53. The van der Waals surface area contributed by atoms with E-state index in [1.54, 1.807) is 0 Å². The number of hydrogen-bond acceptors (Lipinski definition) is 2. The zero-order valence-electron chi connectivity index (χ0n) is 5.33. The van der Waals surface area contributed by atoms with Gasteiger partial charge in [0.2, 0.25) is 4.73 Å². The van der Waals surface area contributed by atoms with E-state index in [2.05, 4.69) is 42.1 Å². The maximum Gasteiger partial charge on any atom is 0.205 e. The van der Waals surface area contributed by atoms with E-state index >= 15 is 0 Å². The molecule has 0 aliphatic heterocycles. The van der Waals surface area contributed by atoms with E-state index in [0.29, 0.717) is 4.73 Å². The van der Waals surface area contributed by atoms with Crippen LogP contribution < -0.4 is 0 Å². The number of aromatic nitrogens is 3. The van der Waals surface area contributed by atoms with Gasteiger partial charge in [0.1, 0.15) is 0 Å². The number of rotatable bonds is 0. The zero-order chi connectivity index (χ0) is 7.84. The number of fused-ring (bicyclic) bond motifs is 1. The highest BCUT2D eigenvalue weighted by molar-refractivity contribution is 9.11. The molecule has 0 aliphatic carbocycles. The molecule has 0 N–H and O–H groups in total. The molecule has 0 bridgehead atoms. The summed E-state index contributed by atoms with van der Waals surface area (Å²) in [6.07, 6.45) is 0. The molecule has 2 heterocycles. The third-order valence-electron chi connectivity index (χ3n) is 1.34. The molecule has 11 heavy (non-hydrogen) atoms. The van der Waals surface area contributed by atoms with Crippen LogP contribution in [0.2, 0.25) is 0 Å². The number of hydrogen-bond donors (Lipinski definition) is 0. The van der Waals surface area contributed by atoms with Gasteiger partial charge in [0.25, 0.3) is 0 Å². The Hall–Kier alpha value is -0.420. The molecule has 56 valence electrons. The summed E-state index contributed by atoms with van der Waals surface area (Å²) < 4.78 is 3.51. The standard InChI is InChI=1S/C6H3Br2N3/c7-4-2-1-3-5-9-10-6(8)11(4)5/h1-3H. The minimum absolute atomic E-state index is 0.708. The van der Waals surface area contributed by atoms with E-state index in [-0.39, 0.29) is 0 Å². The molecule has 0 radical (unpaired) electrons. The molecule has 0 spiro atoms. The van der Waals surface area contributed by atoms with Crippen molar-refractivity contribution in [3.05, 3.63) is 27.5 Å². The summed E-state index contributed by atoms with van der Waals surface area (Å²) in [5.41, 5.74) is 0.825. The molecular formula is C6H3Br2N3. The number of nitrogens with zero attached hydrogens (tertiary/aromatic N) is 3. The van der Waals surface area contributed by atoms with Crippen LogP contribution in [-0.4, -0.2) is 14.6 Å². The number of halogens is 2. The van der Waals surface area contributed by atoms with Gasteiger partial charge in [-0.3, -0.25) is 4.40 Å². The largest absolute Gasteiger partial charge is 0.264 e. The van der Waals surface area contributed by atoms with Crippen LogP contribution in [-0.2, 0) is 0 Å². The molecule has 3 nitrogen and oxygen atoms in total. The molecule has 0 saturated carbocycles. The molecule has 0 amide bonds. The fraction of sp³-hybridized carbons (Fsp3) is 0. The Morgan fingerprint density at radius 3 is 2.73 bits per heavy atom. The van der Waals surface area contributed by atoms with Gasteiger partial charge in [0.15, 0.2) is 5.65 Å². The van der Waals surface area contributed by atoms with E-state index in [1.807, 2.05) is 22.6 Å². The third-order valence-corrected chi connectivity index (χ3v) is 2.47. The van der Waals surface area contributed by atoms with Crippen molar-refractivity contribution in [3.63, 3.8) is 0 Å². The lowest BCUT2D eigenvalue weighted by Gasteiger charge is -1.94. The fourth-order valence-electron chi connectivity index (χ4n) is 0.870. The molecule has 2 rings (SSSR count). The van der Waals surface area contributed by atoms with Crippen molar-refractivity contribution < 1.29 is 0 Å². The first-order valence-electron chi connectivity index (χ1n) is 2.94. The van der Waals surface area contributed by atoms with Crippen LogP contribution in [0.3, 0.4) is 0 Å². The molecule has 2 aromatic heterocycles. The second kappa shape index (κ2) is 2.57. The fourth-order valence-corrected chi connectivity index (χ4v) is 2.06. The van der Waals surface area contributed by atoms with Crippen molar-refractivity contribution in [1.29, 1.82) is 0 Å². The minimum atomic E-state index is 0.708. The molecule has 0 aromatic carbocycles. The molecule has 0 unspecified atom stereocenters. The Balaban J connectivity index is 2.96. The lowest BCUT2D eigenvalue weighted by Crippen LogP contribution is -1.85. The summed E-state index contributed by atoms with van der Waals surface area (Å²) >= 11 is 6.66. The summed E-state index contributed by atoms with van der Waals surface area (Å²) in [5, 5.41) is 7.77. The van der Waals surface area contributed by atoms with Crippen molar-refractivity contribution in [2.75, 3.05) is 0 Å². The highest BCUT2D eigenvalue weighted by atomic mass is 79.9. The van der Waals surface area contributed by atoms with E-state index in [1.165, 1.54) is 0 Å². The van der Waals surface area contributed by atoms with E-state index < -0.39 is 0 Å². The first kappa shape index (κ1) is 7.24. The normalized spacial score (nSPS) is 10.7. The average molecular weight is 277 g/mol. The van der Waals surface area contributed by atoms with Crippen molar-refractivity contribution in [2.45, 2.75) is 0 Å². The van der Waals surface area contributed by atoms with Crippen LogP contribution in [0, 0.1) is 0 Å². The lowest BCUT2D eigenvalue weighted by molar-refractivity contribution is 1.04. The Kier molecular flexibility index (Phi) is 1.69. The highest BCUT2D eigenvalue weighted by Gasteiger charge is 2.02. The smallest absolute Gasteiger partial charge is 0.205 e. The molecular weight excluding hydrogens is 274 g/mol. The van der Waals surface area contributed by atoms with Crippen molar-refractivity contribution >= 4 is 37.5 Å². The van der Waals surface area contributed by atoms with Crippen LogP contribution >= 0.6 is 31.9 Å². The van der Waals surface area contributed by atoms with E-state index in [4.69, 9.17) is 0 Å². The predicted octanol–water partition coefficient (Wildman–Crippen LogP) is 2.25. The first-order chi connectivity index (χ1) is 5.29. The topological polar surface area (TPSA) is 30.2 Å². The Bertz CT molecular complexity index is 396. The average Bonchev–Trinajstić information content (AvgIpc) is 2.34. The Morgan fingerprint density at radius 1 is 1.18 bits per heavy atom. The molecule has 0 aliphatic rings. The summed E-state index contributed by atoms with van der Waals surface area (Å²) in [5.74, 6) is 0. The molecule has 2 aromatic rings. The van der Waals surface area contributed by atoms with Gasteiger partial charge >= 0.3 is 0 Å². The Labute approximate surface area is 79.7 Å². The van der Waals surface area contributed by atoms with Crippen LogP contribution in [0.4, 0.5) is 0 Å². The molecule has 0 saturated heterocycles. The van der Waals surface area contributed by atoms with E-state index in [9.17, 15) is 0 Å². The van der Waals surface area contributed by atoms with Crippen molar-refractivity contribution in [2.24, 2.45) is 0 Å². The maximum atomic E-state index is 3.92. The van der Waals surface area contributed by atoms with Gasteiger partial charge in [0.05, 0.1) is 4.60 Å². The van der Waals surface area contributed by atoms with Gasteiger partial charge in [-0.1, -0.05) is 6.07 Å². The van der Waals surface area contributed by atoms with Crippen LogP contribution in [0.25, 0.3) is 5.65 Å². The minimum Gasteiger partial charge on any atom is -0.264 e.